The highest BCUT2D eigenvalue weighted by atomic mass is 35.5. The van der Waals surface area contributed by atoms with E-state index in [-0.39, 0.29) is 11.5 Å². The normalized spacial score (nSPS) is 12.5. The van der Waals surface area contributed by atoms with Crippen LogP contribution >= 0.6 is 22.9 Å². The second-order valence-electron chi connectivity index (χ2n) is 5.55. The molecular weight excluding hydrogens is 350 g/mol. The average molecular weight is 366 g/mol. The molecule has 0 saturated carbocycles. The topological polar surface area (TPSA) is 81.8 Å². The summed E-state index contributed by atoms with van der Waals surface area (Å²) in [4.78, 5) is 31.2. The van der Waals surface area contributed by atoms with Crippen molar-refractivity contribution in [2.24, 2.45) is 0 Å². The predicted molar refractivity (Wildman–Crippen MR) is 94.4 cm³/mol. The number of amides is 1. The number of rotatable bonds is 3. The van der Waals surface area contributed by atoms with Gasteiger partial charge in [0.1, 0.15) is 16.7 Å². The molecule has 0 aliphatic rings. The maximum atomic E-state index is 12.6. The van der Waals surface area contributed by atoms with Gasteiger partial charge in [-0.3, -0.25) is 19.7 Å². The van der Waals surface area contributed by atoms with Gasteiger partial charge in [0.15, 0.2) is 0 Å². The zero-order valence-electron chi connectivity index (χ0n) is 13.6. The SMILES string of the molecule is Cc1cc2c(=O)n(NC(=O)C(C)n3ncc(Cl)c3C)c(C)nc2s1. The smallest absolute Gasteiger partial charge is 0.271 e. The lowest BCUT2D eigenvalue weighted by molar-refractivity contribution is -0.120. The van der Waals surface area contributed by atoms with Crippen LogP contribution in [0.1, 0.15) is 29.4 Å². The van der Waals surface area contributed by atoms with Crippen molar-refractivity contribution in [3.05, 3.63) is 44.0 Å². The molecule has 0 aliphatic heterocycles. The minimum atomic E-state index is -0.622. The highest BCUT2D eigenvalue weighted by molar-refractivity contribution is 7.18. The molecule has 1 amide bonds. The second-order valence-corrected chi connectivity index (χ2v) is 7.19. The van der Waals surface area contributed by atoms with E-state index in [1.54, 1.807) is 26.8 Å². The first-order chi connectivity index (χ1) is 11.3. The Labute approximate surface area is 146 Å². The highest BCUT2D eigenvalue weighted by Crippen LogP contribution is 2.21. The van der Waals surface area contributed by atoms with Gasteiger partial charge in [-0.1, -0.05) is 11.6 Å². The molecule has 0 aliphatic carbocycles. The summed E-state index contributed by atoms with van der Waals surface area (Å²) in [7, 11) is 0. The highest BCUT2D eigenvalue weighted by Gasteiger charge is 2.21. The molecule has 3 rings (SSSR count). The number of halogens is 1. The van der Waals surface area contributed by atoms with Crippen molar-refractivity contribution in [2.45, 2.75) is 33.7 Å². The summed E-state index contributed by atoms with van der Waals surface area (Å²) < 4.78 is 2.69. The van der Waals surface area contributed by atoms with E-state index in [9.17, 15) is 9.59 Å². The average Bonchev–Trinajstić information content (AvgIpc) is 3.06. The van der Waals surface area contributed by atoms with Crippen molar-refractivity contribution >= 4 is 39.1 Å². The van der Waals surface area contributed by atoms with Crippen molar-refractivity contribution in [2.75, 3.05) is 5.43 Å². The number of aryl methyl sites for hydroxylation is 2. The second kappa shape index (κ2) is 6.03. The van der Waals surface area contributed by atoms with Gasteiger partial charge in [0, 0.05) is 4.88 Å². The predicted octanol–water partition coefficient (Wildman–Crippen LogP) is 2.56. The molecule has 3 aromatic rings. The van der Waals surface area contributed by atoms with E-state index in [0.717, 1.165) is 4.88 Å². The van der Waals surface area contributed by atoms with E-state index in [1.807, 2.05) is 6.92 Å². The fraction of sp³-hybridized carbons (Fsp3) is 0.333. The van der Waals surface area contributed by atoms with Crippen LogP contribution in [0.2, 0.25) is 5.02 Å². The first-order valence-corrected chi connectivity index (χ1v) is 8.49. The molecule has 1 atom stereocenters. The number of hydrogen-bond acceptors (Lipinski definition) is 5. The Kier molecular flexibility index (Phi) is 4.18. The maximum absolute atomic E-state index is 12.6. The van der Waals surface area contributed by atoms with Crippen molar-refractivity contribution in [1.29, 1.82) is 0 Å². The van der Waals surface area contributed by atoms with Gasteiger partial charge < -0.3 is 0 Å². The fourth-order valence-corrected chi connectivity index (χ4v) is 3.49. The van der Waals surface area contributed by atoms with Crippen LogP contribution in [0.4, 0.5) is 0 Å². The molecule has 9 heteroatoms. The minimum absolute atomic E-state index is 0.294. The Balaban J connectivity index is 1.96. The van der Waals surface area contributed by atoms with Gasteiger partial charge in [0.25, 0.3) is 11.5 Å². The standard InChI is InChI=1S/C15H16ClN5O2S/c1-7-5-11-14(24-7)18-10(4)21(15(11)23)19-13(22)9(3)20-8(2)12(16)6-17-20/h5-6,9H,1-4H3,(H,19,22). The van der Waals surface area contributed by atoms with Crippen molar-refractivity contribution in [1.82, 2.24) is 19.4 Å². The third-order valence-electron chi connectivity index (χ3n) is 3.81. The van der Waals surface area contributed by atoms with Crippen LogP contribution in [0.25, 0.3) is 10.2 Å². The summed E-state index contributed by atoms with van der Waals surface area (Å²) in [6.07, 6.45) is 1.49. The van der Waals surface area contributed by atoms with Crippen LogP contribution in [-0.4, -0.2) is 25.3 Å². The van der Waals surface area contributed by atoms with E-state index >= 15 is 0 Å². The quantitative estimate of drug-likeness (QED) is 0.773. The fourth-order valence-electron chi connectivity index (χ4n) is 2.44. The molecule has 0 saturated heterocycles. The zero-order valence-corrected chi connectivity index (χ0v) is 15.2. The summed E-state index contributed by atoms with van der Waals surface area (Å²) in [5.74, 6) is 0.0429. The van der Waals surface area contributed by atoms with E-state index in [0.29, 0.717) is 26.8 Å². The molecule has 7 nitrogen and oxygen atoms in total. The van der Waals surface area contributed by atoms with Crippen LogP contribution in [0.5, 0.6) is 0 Å². The molecule has 0 fully saturated rings. The summed E-state index contributed by atoms with van der Waals surface area (Å²) in [6, 6.07) is 1.15. The number of nitrogens with one attached hydrogen (secondary N) is 1. The Bertz CT molecular complexity index is 1000. The number of nitrogens with zero attached hydrogens (tertiary/aromatic N) is 4. The Morgan fingerprint density at radius 2 is 2.08 bits per heavy atom. The third-order valence-corrected chi connectivity index (χ3v) is 5.12. The number of carbonyl (C=O) groups excluding carboxylic acids is 1. The molecule has 0 bridgehead atoms. The Morgan fingerprint density at radius 3 is 2.71 bits per heavy atom. The molecule has 0 spiro atoms. The van der Waals surface area contributed by atoms with Crippen LogP contribution < -0.4 is 11.0 Å². The van der Waals surface area contributed by atoms with Gasteiger partial charge in [-0.25, -0.2) is 9.66 Å². The van der Waals surface area contributed by atoms with E-state index in [2.05, 4.69) is 15.5 Å². The molecule has 0 radical (unpaired) electrons. The lowest BCUT2D eigenvalue weighted by atomic mass is 10.3. The van der Waals surface area contributed by atoms with Gasteiger partial charge in [-0.05, 0) is 33.8 Å². The van der Waals surface area contributed by atoms with Crippen LogP contribution in [0, 0.1) is 20.8 Å². The number of aromatic nitrogens is 4. The van der Waals surface area contributed by atoms with Gasteiger partial charge >= 0.3 is 0 Å². The molecule has 3 aromatic heterocycles. The molecular formula is C15H16ClN5O2S. The molecule has 126 valence electrons. The van der Waals surface area contributed by atoms with Crippen LogP contribution in [0.15, 0.2) is 17.1 Å². The summed E-state index contributed by atoms with van der Waals surface area (Å²) >= 11 is 7.43. The van der Waals surface area contributed by atoms with Gasteiger partial charge in [0.2, 0.25) is 0 Å². The monoisotopic (exact) mass is 365 g/mol. The van der Waals surface area contributed by atoms with Crippen LogP contribution in [-0.2, 0) is 4.79 Å². The lowest BCUT2D eigenvalue weighted by Gasteiger charge is -2.16. The zero-order chi connectivity index (χ0) is 17.6. The van der Waals surface area contributed by atoms with Crippen molar-refractivity contribution in [3.63, 3.8) is 0 Å². The third kappa shape index (κ3) is 2.71. The first kappa shape index (κ1) is 16.7. The summed E-state index contributed by atoms with van der Waals surface area (Å²) in [5, 5.41) is 5.08. The molecule has 1 N–H and O–H groups in total. The molecule has 1 unspecified atom stereocenters. The van der Waals surface area contributed by atoms with Crippen molar-refractivity contribution in [3.8, 4) is 0 Å². The van der Waals surface area contributed by atoms with Crippen LogP contribution in [0.3, 0.4) is 0 Å². The molecule has 24 heavy (non-hydrogen) atoms. The van der Waals surface area contributed by atoms with Gasteiger partial charge in [-0.15, -0.1) is 11.3 Å². The van der Waals surface area contributed by atoms with E-state index < -0.39 is 6.04 Å². The summed E-state index contributed by atoms with van der Waals surface area (Å²) in [6.45, 7) is 7.05. The largest absolute Gasteiger partial charge is 0.281 e. The number of carbonyl (C=O) groups is 1. The number of fused-ring (bicyclic) bond motifs is 1. The number of hydrogen-bond donors (Lipinski definition) is 1. The van der Waals surface area contributed by atoms with Gasteiger partial charge in [-0.2, -0.15) is 5.10 Å². The van der Waals surface area contributed by atoms with E-state index in [1.165, 1.54) is 26.9 Å². The maximum Gasteiger partial charge on any atom is 0.281 e. The summed E-state index contributed by atoms with van der Waals surface area (Å²) in [5.41, 5.74) is 3.01. The molecule has 0 aromatic carbocycles. The number of thiophene rings is 1. The minimum Gasteiger partial charge on any atom is -0.271 e. The molecule has 3 heterocycles. The van der Waals surface area contributed by atoms with Crippen molar-refractivity contribution < 1.29 is 4.79 Å². The van der Waals surface area contributed by atoms with E-state index in [4.69, 9.17) is 11.6 Å². The Morgan fingerprint density at radius 1 is 1.38 bits per heavy atom. The lowest BCUT2D eigenvalue weighted by Crippen LogP contribution is -2.38. The van der Waals surface area contributed by atoms with Gasteiger partial charge in [0.05, 0.1) is 22.3 Å². The Hall–Kier alpha value is -2.19. The first-order valence-electron chi connectivity index (χ1n) is 7.30.